The van der Waals surface area contributed by atoms with Gasteiger partial charge in [0.15, 0.2) is 0 Å². The lowest BCUT2D eigenvalue weighted by atomic mass is 10.1. The molecule has 2 rings (SSSR count). The Morgan fingerprint density at radius 3 is 2.48 bits per heavy atom. The first kappa shape index (κ1) is 19.1. The van der Waals surface area contributed by atoms with Crippen molar-refractivity contribution >= 4 is 17.7 Å². The number of carbonyl (C=O) groups excluding carboxylic acids is 1. The summed E-state index contributed by atoms with van der Waals surface area (Å²) in [5.41, 5.74) is 0.820. The molecule has 1 aliphatic rings. The van der Waals surface area contributed by atoms with Gasteiger partial charge in [0.25, 0.3) is 0 Å². The molecular weight excluding hydrogens is 324 g/mol. The maximum atomic E-state index is 12.2. The van der Waals surface area contributed by atoms with Gasteiger partial charge in [-0.3, -0.25) is 0 Å². The minimum Gasteiger partial charge on any atom is -0.478 e. The lowest BCUT2D eigenvalue weighted by molar-refractivity contribution is 0.0263. The van der Waals surface area contributed by atoms with Crippen LogP contribution in [-0.2, 0) is 11.3 Å². The third-order valence-corrected chi connectivity index (χ3v) is 4.00. The zero-order valence-corrected chi connectivity index (χ0v) is 15.0. The summed E-state index contributed by atoms with van der Waals surface area (Å²) < 4.78 is 5.42. The molecule has 0 spiro atoms. The monoisotopic (exact) mass is 350 g/mol. The number of benzene rings is 1. The molecule has 0 bridgehead atoms. The molecule has 1 amide bonds. The van der Waals surface area contributed by atoms with Crippen molar-refractivity contribution in [3.63, 3.8) is 0 Å². The van der Waals surface area contributed by atoms with Crippen LogP contribution in [0.2, 0.25) is 0 Å². The van der Waals surface area contributed by atoms with Gasteiger partial charge in [0.1, 0.15) is 5.60 Å². The molecule has 1 aliphatic heterocycles. The molecule has 0 aromatic heterocycles. The number of anilines is 1. The topological polar surface area (TPSA) is 90.3 Å². The van der Waals surface area contributed by atoms with Crippen molar-refractivity contribution in [2.24, 2.45) is 0 Å². The van der Waals surface area contributed by atoms with E-state index in [-0.39, 0.29) is 18.3 Å². The number of rotatable bonds is 3. The third kappa shape index (κ3) is 5.09. The zero-order chi connectivity index (χ0) is 18.6. The molecule has 1 aromatic carbocycles. The predicted molar refractivity (Wildman–Crippen MR) is 94.0 cm³/mol. The fourth-order valence-electron chi connectivity index (χ4n) is 2.80. The highest BCUT2D eigenvalue weighted by Gasteiger charge is 2.24. The summed E-state index contributed by atoms with van der Waals surface area (Å²) in [6, 6.07) is 4.96. The van der Waals surface area contributed by atoms with Gasteiger partial charge in [-0.2, -0.15) is 0 Å². The first-order chi connectivity index (χ1) is 11.7. The number of amides is 1. The highest BCUT2D eigenvalue weighted by molar-refractivity contribution is 5.90. The normalized spacial score (nSPS) is 15.7. The smallest absolute Gasteiger partial charge is 0.410 e. The molecule has 2 N–H and O–H groups in total. The SMILES string of the molecule is CC(C)(C)OC(=O)N1CCCN(c2ccc(C(=O)O)c(CO)c2)CC1. The van der Waals surface area contributed by atoms with Gasteiger partial charge in [-0.1, -0.05) is 0 Å². The second-order valence-corrected chi connectivity index (χ2v) is 7.11. The largest absolute Gasteiger partial charge is 0.478 e. The molecule has 25 heavy (non-hydrogen) atoms. The average Bonchev–Trinajstić information content (AvgIpc) is 2.78. The number of hydrogen-bond donors (Lipinski definition) is 2. The Morgan fingerprint density at radius 1 is 1.16 bits per heavy atom. The summed E-state index contributed by atoms with van der Waals surface area (Å²) >= 11 is 0. The fourth-order valence-corrected chi connectivity index (χ4v) is 2.80. The molecule has 0 aliphatic carbocycles. The minimum absolute atomic E-state index is 0.108. The molecule has 1 heterocycles. The Morgan fingerprint density at radius 2 is 1.88 bits per heavy atom. The molecular formula is C18H26N2O5. The van der Waals surface area contributed by atoms with Gasteiger partial charge in [0.05, 0.1) is 12.2 Å². The van der Waals surface area contributed by atoms with Gasteiger partial charge in [-0.05, 0) is 51.0 Å². The van der Waals surface area contributed by atoms with Crippen LogP contribution in [0.25, 0.3) is 0 Å². The van der Waals surface area contributed by atoms with E-state index in [1.807, 2.05) is 20.8 Å². The number of aromatic carboxylic acids is 1. The quantitative estimate of drug-likeness (QED) is 0.869. The van der Waals surface area contributed by atoms with E-state index in [1.54, 1.807) is 17.0 Å². The highest BCUT2D eigenvalue weighted by atomic mass is 16.6. The zero-order valence-electron chi connectivity index (χ0n) is 15.0. The van der Waals surface area contributed by atoms with Crippen molar-refractivity contribution in [2.75, 3.05) is 31.1 Å². The Labute approximate surface area is 147 Å². The fraction of sp³-hybridized carbons (Fsp3) is 0.556. The van der Waals surface area contributed by atoms with Crippen molar-refractivity contribution in [2.45, 2.75) is 39.4 Å². The van der Waals surface area contributed by atoms with E-state index in [0.29, 0.717) is 25.2 Å². The van der Waals surface area contributed by atoms with Gasteiger partial charge in [0, 0.05) is 31.9 Å². The summed E-state index contributed by atoms with van der Waals surface area (Å²) in [7, 11) is 0. The number of nitrogens with zero attached hydrogens (tertiary/aromatic N) is 2. The van der Waals surface area contributed by atoms with Gasteiger partial charge >= 0.3 is 12.1 Å². The van der Waals surface area contributed by atoms with Crippen LogP contribution < -0.4 is 4.90 Å². The number of hydrogen-bond acceptors (Lipinski definition) is 5. The minimum atomic E-state index is -1.05. The predicted octanol–water partition coefficient (Wildman–Crippen LogP) is 2.32. The third-order valence-electron chi connectivity index (χ3n) is 4.00. The van der Waals surface area contributed by atoms with Crippen LogP contribution >= 0.6 is 0 Å². The number of ether oxygens (including phenoxy) is 1. The molecule has 1 aromatic rings. The van der Waals surface area contributed by atoms with Crippen LogP contribution in [0.4, 0.5) is 10.5 Å². The first-order valence-corrected chi connectivity index (χ1v) is 8.41. The molecule has 0 radical (unpaired) electrons. The Hall–Kier alpha value is -2.28. The molecule has 7 heteroatoms. The van der Waals surface area contributed by atoms with E-state index in [4.69, 9.17) is 9.84 Å². The Kier molecular flexibility index (Phi) is 5.89. The molecule has 0 atom stereocenters. The maximum Gasteiger partial charge on any atom is 0.410 e. The Bertz CT molecular complexity index is 639. The van der Waals surface area contributed by atoms with Crippen molar-refractivity contribution < 1.29 is 24.5 Å². The summed E-state index contributed by atoms with van der Waals surface area (Å²) in [5.74, 6) is -1.05. The molecule has 1 saturated heterocycles. The number of aliphatic hydroxyl groups excluding tert-OH is 1. The standard InChI is InChI=1S/C18H26N2O5/c1-18(2,3)25-17(24)20-8-4-7-19(9-10-20)14-5-6-15(16(22)23)13(11-14)12-21/h5-6,11,21H,4,7-10,12H2,1-3H3,(H,22,23). The van der Waals surface area contributed by atoms with E-state index >= 15 is 0 Å². The molecule has 138 valence electrons. The summed E-state index contributed by atoms with van der Waals surface area (Å²) in [5, 5.41) is 18.6. The van der Waals surface area contributed by atoms with Crippen molar-refractivity contribution in [1.82, 2.24) is 4.90 Å². The lowest BCUT2D eigenvalue weighted by Crippen LogP contribution is -2.39. The van der Waals surface area contributed by atoms with Crippen LogP contribution in [-0.4, -0.2) is 59.0 Å². The van der Waals surface area contributed by atoms with Crippen LogP contribution in [0.5, 0.6) is 0 Å². The summed E-state index contributed by atoms with van der Waals surface area (Å²) in [6.45, 7) is 7.72. The Balaban J connectivity index is 2.08. The van der Waals surface area contributed by atoms with E-state index in [9.17, 15) is 14.7 Å². The van der Waals surface area contributed by atoms with Crippen molar-refractivity contribution in [3.8, 4) is 0 Å². The van der Waals surface area contributed by atoms with E-state index in [0.717, 1.165) is 18.7 Å². The van der Waals surface area contributed by atoms with E-state index in [1.165, 1.54) is 6.07 Å². The van der Waals surface area contributed by atoms with E-state index < -0.39 is 11.6 Å². The van der Waals surface area contributed by atoms with Crippen LogP contribution in [0, 0.1) is 0 Å². The van der Waals surface area contributed by atoms with E-state index in [2.05, 4.69) is 4.90 Å². The molecule has 0 saturated carbocycles. The molecule has 1 fully saturated rings. The maximum absolute atomic E-state index is 12.2. The highest BCUT2D eigenvalue weighted by Crippen LogP contribution is 2.22. The second kappa shape index (κ2) is 7.74. The van der Waals surface area contributed by atoms with Crippen LogP contribution in [0.3, 0.4) is 0 Å². The van der Waals surface area contributed by atoms with Crippen LogP contribution in [0.15, 0.2) is 18.2 Å². The number of carbonyl (C=O) groups is 2. The van der Waals surface area contributed by atoms with Gasteiger partial charge in [-0.25, -0.2) is 9.59 Å². The number of aliphatic hydroxyl groups is 1. The first-order valence-electron chi connectivity index (χ1n) is 8.41. The van der Waals surface area contributed by atoms with Gasteiger partial charge in [0.2, 0.25) is 0 Å². The lowest BCUT2D eigenvalue weighted by Gasteiger charge is -2.27. The summed E-state index contributed by atoms with van der Waals surface area (Å²) in [4.78, 5) is 27.2. The van der Waals surface area contributed by atoms with Crippen molar-refractivity contribution in [1.29, 1.82) is 0 Å². The van der Waals surface area contributed by atoms with Crippen molar-refractivity contribution in [3.05, 3.63) is 29.3 Å². The summed E-state index contributed by atoms with van der Waals surface area (Å²) in [6.07, 6.45) is 0.473. The second-order valence-electron chi connectivity index (χ2n) is 7.11. The number of carboxylic acids is 1. The number of carboxylic acid groups (broad SMARTS) is 1. The van der Waals surface area contributed by atoms with Crippen LogP contribution in [0.1, 0.15) is 43.1 Å². The molecule has 0 unspecified atom stereocenters. The average molecular weight is 350 g/mol. The van der Waals surface area contributed by atoms with Gasteiger partial charge < -0.3 is 24.7 Å². The van der Waals surface area contributed by atoms with Gasteiger partial charge in [-0.15, -0.1) is 0 Å². The molecule has 7 nitrogen and oxygen atoms in total.